The first-order valence-corrected chi connectivity index (χ1v) is 7.42. The molecule has 98 valence electrons. The van der Waals surface area contributed by atoms with Gasteiger partial charge in [0.2, 0.25) is 0 Å². The molecule has 0 saturated heterocycles. The molecule has 0 aliphatic heterocycles. The van der Waals surface area contributed by atoms with Crippen molar-refractivity contribution in [3.63, 3.8) is 0 Å². The Balaban J connectivity index is 2.04. The number of ether oxygens (including phenoxy) is 1. The fourth-order valence-corrected chi connectivity index (χ4v) is 6.10. The van der Waals surface area contributed by atoms with Crippen molar-refractivity contribution in [1.29, 1.82) is 0 Å². The quantitative estimate of drug-likeness (QED) is 0.661. The highest BCUT2D eigenvalue weighted by Crippen LogP contribution is 2.73. The summed E-state index contributed by atoms with van der Waals surface area (Å²) in [6.07, 6.45) is 7.03. The van der Waals surface area contributed by atoms with Crippen LogP contribution in [-0.2, 0) is 4.74 Å². The fraction of sp³-hybridized carbons (Fsp3) is 1.00. The average molecular weight is 236 g/mol. The molecule has 1 nitrogen and oxygen atoms in total. The van der Waals surface area contributed by atoms with Gasteiger partial charge in [0.25, 0.3) is 0 Å². The molecule has 2 unspecified atom stereocenters. The lowest BCUT2D eigenvalue weighted by atomic mass is 9.64. The summed E-state index contributed by atoms with van der Waals surface area (Å²) in [5.41, 5.74) is 1.29. The Morgan fingerprint density at radius 1 is 1.00 bits per heavy atom. The van der Waals surface area contributed by atoms with Crippen LogP contribution in [0, 0.1) is 28.6 Å². The van der Waals surface area contributed by atoms with Crippen molar-refractivity contribution in [1.82, 2.24) is 0 Å². The molecular weight excluding hydrogens is 208 g/mol. The zero-order valence-electron chi connectivity index (χ0n) is 12.2. The topological polar surface area (TPSA) is 9.23 Å². The Morgan fingerprint density at radius 3 is 2.35 bits per heavy atom. The third-order valence-electron chi connectivity index (χ3n) is 7.23. The molecule has 3 aliphatic rings. The number of methoxy groups -OCH3 is 1. The van der Waals surface area contributed by atoms with Crippen LogP contribution in [0.15, 0.2) is 0 Å². The molecule has 3 aliphatic carbocycles. The van der Waals surface area contributed by atoms with Gasteiger partial charge in [0, 0.05) is 7.11 Å². The summed E-state index contributed by atoms with van der Waals surface area (Å²) in [6.45, 7) is 9.90. The first-order valence-electron chi connectivity index (χ1n) is 7.42. The van der Waals surface area contributed by atoms with Crippen LogP contribution in [-0.4, -0.2) is 12.7 Å². The molecule has 0 heterocycles. The highest BCUT2D eigenvalue weighted by atomic mass is 16.5. The zero-order chi connectivity index (χ0) is 12.5. The molecule has 3 fully saturated rings. The molecule has 5 atom stereocenters. The van der Waals surface area contributed by atoms with Gasteiger partial charge in [-0.2, -0.15) is 0 Å². The summed E-state index contributed by atoms with van der Waals surface area (Å²) in [5.74, 6) is 2.66. The van der Waals surface area contributed by atoms with Crippen molar-refractivity contribution in [2.45, 2.75) is 65.4 Å². The van der Waals surface area contributed by atoms with Gasteiger partial charge in [-0.05, 0) is 67.6 Å². The highest BCUT2D eigenvalue weighted by molar-refractivity contribution is 5.17. The van der Waals surface area contributed by atoms with E-state index in [9.17, 15) is 0 Å². The molecular formula is C16H28O. The summed E-state index contributed by atoms with van der Waals surface area (Å²) in [7, 11) is 1.92. The second-order valence-corrected chi connectivity index (χ2v) is 7.86. The van der Waals surface area contributed by atoms with Gasteiger partial charge in [0.15, 0.2) is 0 Å². The Bertz CT molecular complexity index is 334. The van der Waals surface area contributed by atoms with Crippen LogP contribution >= 0.6 is 0 Å². The first-order chi connectivity index (χ1) is 7.87. The Labute approximate surface area is 106 Å². The van der Waals surface area contributed by atoms with Crippen molar-refractivity contribution in [3.8, 4) is 0 Å². The monoisotopic (exact) mass is 236 g/mol. The smallest absolute Gasteiger partial charge is 0.0684 e. The minimum Gasteiger partial charge on any atom is -0.378 e. The molecule has 0 N–H and O–H groups in total. The lowest BCUT2D eigenvalue weighted by molar-refractivity contribution is -0.100. The maximum absolute atomic E-state index is 5.94. The second kappa shape index (κ2) is 3.29. The molecule has 1 spiro atoms. The average Bonchev–Trinajstić information content (AvgIpc) is 2.70. The van der Waals surface area contributed by atoms with E-state index in [1.54, 1.807) is 0 Å². The van der Waals surface area contributed by atoms with Crippen LogP contribution in [0.3, 0.4) is 0 Å². The van der Waals surface area contributed by atoms with E-state index in [1.165, 1.54) is 32.1 Å². The molecule has 1 heteroatoms. The van der Waals surface area contributed by atoms with E-state index in [-0.39, 0.29) is 5.60 Å². The molecule has 17 heavy (non-hydrogen) atoms. The van der Waals surface area contributed by atoms with Crippen molar-refractivity contribution in [3.05, 3.63) is 0 Å². The second-order valence-electron chi connectivity index (χ2n) is 7.86. The zero-order valence-corrected chi connectivity index (χ0v) is 12.2. The van der Waals surface area contributed by atoms with Gasteiger partial charge < -0.3 is 4.74 Å². The molecule has 0 aromatic rings. The van der Waals surface area contributed by atoms with E-state index in [0.717, 1.165) is 17.8 Å². The third-order valence-corrected chi connectivity index (χ3v) is 7.23. The maximum Gasteiger partial charge on any atom is 0.0684 e. The number of fused-ring (bicyclic) bond motifs is 1. The third kappa shape index (κ3) is 1.25. The molecule has 3 saturated carbocycles. The summed E-state index contributed by atoms with van der Waals surface area (Å²) >= 11 is 0. The van der Waals surface area contributed by atoms with Gasteiger partial charge in [-0.25, -0.2) is 0 Å². The lowest BCUT2D eigenvalue weighted by Gasteiger charge is -2.46. The van der Waals surface area contributed by atoms with Crippen molar-refractivity contribution in [2.75, 3.05) is 7.11 Å². The molecule has 3 rings (SSSR count). The van der Waals surface area contributed by atoms with Crippen LogP contribution < -0.4 is 0 Å². The Hall–Kier alpha value is -0.0400. The van der Waals surface area contributed by atoms with Gasteiger partial charge >= 0.3 is 0 Å². The van der Waals surface area contributed by atoms with Gasteiger partial charge in [-0.15, -0.1) is 0 Å². The summed E-state index contributed by atoms with van der Waals surface area (Å²) in [5, 5.41) is 0. The minimum atomic E-state index is 0.138. The van der Waals surface area contributed by atoms with Gasteiger partial charge in [-0.1, -0.05) is 20.8 Å². The number of hydrogen-bond acceptors (Lipinski definition) is 1. The highest BCUT2D eigenvalue weighted by Gasteiger charge is 2.68. The van der Waals surface area contributed by atoms with Gasteiger partial charge in [0.1, 0.15) is 0 Å². The van der Waals surface area contributed by atoms with E-state index in [4.69, 9.17) is 4.74 Å². The SMILES string of the molecule is COC1(C)CCC23C[C@@H]1C(C)(C)[C@@H]2CC[C@H]3C. The van der Waals surface area contributed by atoms with Crippen molar-refractivity contribution < 1.29 is 4.74 Å². The Kier molecular flexibility index (Phi) is 2.32. The molecule has 2 bridgehead atoms. The molecule has 0 aromatic carbocycles. The lowest BCUT2D eigenvalue weighted by Crippen LogP contribution is -2.45. The van der Waals surface area contributed by atoms with E-state index in [2.05, 4.69) is 27.7 Å². The molecule has 0 radical (unpaired) electrons. The van der Waals surface area contributed by atoms with Crippen molar-refractivity contribution >= 4 is 0 Å². The van der Waals surface area contributed by atoms with Crippen LogP contribution in [0.25, 0.3) is 0 Å². The van der Waals surface area contributed by atoms with Crippen LogP contribution in [0.1, 0.15) is 59.8 Å². The first kappa shape index (κ1) is 12.0. The van der Waals surface area contributed by atoms with Crippen LogP contribution in [0.4, 0.5) is 0 Å². The normalized spacial score (nSPS) is 55.9. The van der Waals surface area contributed by atoms with Crippen LogP contribution in [0.2, 0.25) is 0 Å². The van der Waals surface area contributed by atoms with Gasteiger partial charge in [-0.3, -0.25) is 0 Å². The van der Waals surface area contributed by atoms with Crippen LogP contribution in [0.5, 0.6) is 0 Å². The fourth-order valence-electron chi connectivity index (χ4n) is 6.10. The Morgan fingerprint density at radius 2 is 1.71 bits per heavy atom. The molecule has 0 aromatic heterocycles. The van der Waals surface area contributed by atoms with E-state index in [0.29, 0.717) is 10.8 Å². The minimum absolute atomic E-state index is 0.138. The molecule has 0 amide bonds. The predicted octanol–water partition coefficient (Wildman–Crippen LogP) is 4.26. The summed E-state index contributed by atoms with van der Waals surface area (Å²) in [4.78, 5) is 0. The number of hydrogen-bond donors (Lipinski definition) is 0. The maximum atomic E-state index is 5.94. The van der Waals surface area contributed by atoms with E-state index < -0.39 is 0 Å². The standard InChI is InChI=1S/C16H28O/c1-11-6-7-12-14(2,3)13-10-16(11,12)9-8-15(13,4)17-5/h11-13H,6-10H2,1-5H3/t11-,12+,13-,15?,16?/m1/s1. The van der Waals surface area contributed by atoms with Gasteiger partial charge in [0.05, 0.1) is 5.60 Å². The summed E-state index contributed by atoms with van der Waals surface area (Å²) in [6, 6.07) is 0. The van der Waals surface area contributed by atoms with E-state index >= 15 is 0 Å². The number of rotatable bonds is 1. The van der Waals surface area contributed by atoms with E-state index in [1.807, 2.05) is 7.11 Å². The largest absolute Gasteiger partial charge is 0.378 e. The van der Waals surface area contributed by atoms with Crippen molar-refractivity contribution in [2.24, 2.45) is 28.6 Å². The predicted molar refractivity (Wildman–Crippen MR) is 70.9 cm³/mol. The summed E-state index contributed by atoms with van der Waals surface area (Å²) < 4.78 is 5.94.